The molecule has 0 fully saturated rings. The molecular formula is C10H5BrClFN2. The Kier molecular flexibility index (Phi) is 2.98. The van der Waals surface area contributed by atoms with E-state index in [1.165, 1.54) is 12.1 Å². The van der Waals surface area contributed by atoms with Gasteiger partial charge in [-0.1, -0.05) is 23.7 Å². The highest BCUT2D eigenvalue weighted by atomic mass is 79.9. The van der Waals surface area contributed by atoms with Gasteiger partial charge in [0, 0.05) is 11.6 Å². The van der Waals surface area contributed by atoms with Gasteiger partial charge >= 0.3 is 0 Å². The van der Waals surface area contributed by atoms with Crippen LogP contribution in [-0.4, -0.2) is 9.97 Å². The minimum atomic E-state index is -0.307. The van der Waals surface area contributed by atoms with E-state index >= 15 is 0 Å². The van der Waals surface area contributed by atoms with Crippen molar-refractivity contribution in [2.24, 2.45) is 0 Å². The first-order valence-electron chi connectivity index (χ1n) is 4.11. The maximum absolute atomic E-state index is 13.0. The molecule has 15 heavy (non-hydrogen) atoms. The van der Waals surface area contributed by atoms with Crippen LogP contribution in [0.2, 0.25) is 5.15 Å². The summed E-state index contributed by atoms with van der Waals surface area (Å²) < 4.78 is 13.3. The quantitative estimate of drug-likeness (QED) is 0.590. The standard InChI is InChI=1S/C10H5BrClFN2/c11-10-14-8(5-9(12)15-10)6-2-1-3-7(13)4-6/h1-5H. The second-order valence-corrected chi connectivity index (χ2v) is 3.95. The molecule has 0 aliphatic heterocycles. The van der Waals surface area contributed by atoms with Crippen molar-refractivity contribution >= 4 is 27.5 Å². The van der Waals surface area contributed by atoms with Crippen LogP contribution in [0.1, 0.15) is 0 Å². The molecule has 0 amide bonds. The first-order valence-corrected chi connectivity index (χ1v) is 5.28. The summed E-state index contributed by atoms with van der Waals surface area (Å²) in [4.78, 5) is 7.96. The number of benzene rings is 1. The molecule has 0 unspecified atom stereocenters. The zero-order valence-corrected chi connectivity index (χ0v) is 9.76. The average molecular weight is 288 g/mol. The lowest BCUT2D eigenvalue weighted by Gasteiger charge is -2.01. The van der Waals surface area contributed by atoms with Crippen molar-refractivity contribution in [3.63, 3.8) is 0 Å². The lowest BCUT2D eigenvalue weighted by molar-refractivity contribution is 0.628. The van der Waals surface area contributed by atoms with Crippen LogP contribution in [0.5, 0.6) is 0 Å². The van der Waals surface area contributed by atoms with Crippen LogP contribution in [0.4, 0.5) is 4.39 Å². The van der Waals surface area contributed by atoms with Crippen LogP contribution in [0.15, 0.2) is 35.1 Å². The third kappa shape index (κ3) is 2.52. The molecule has 0 saturated heterocycles. The Hall–Kier alpha value is -1.000. The van der Waals surface area contributed by atoms with Crippen LogP contribution in [0.25, 0.3) is 11.3 Å². The highest BCUT2D eigenvalue weighted by molar-refractivity contribution is 9.10. The summed E-state index contributed by atoms with van der Waals surface area (Å²) in [5.41, 5.74) is 1.25. The van der Waals surface area contributed by atoms with Gasteiger partial charge in [-0.3, -0.25) is 0 Å². The Morgan fingerprint density at radius 2 is 2.00 bits per heavy atom. The van der Waals surface area contributed by atoms with Crippen molar-refractivity contribution < 1.29 is 4.39 Å². The second kappa shape index (κ2) is 4.24. The van der Waals surface area contributed by atoms with Gasteiger partial charge in [-0.05, 0) is 28.1 Å². The van der Waals surface area contributed by atoms with E-state index in [0.29, 0.717) is 21.1 Å². The van der Waals surface area contributed by atoms with Crippen LogP contribution in [0.3, 0.4) is 0 Å². The van der Waals surface area contributed by atoms with Gasteiger partial charge in [-0.15, -0.1) is 0 Å². The van der Waals surface area contributed by atoms with Gasteiger partial charge in [0.1, 0.15) is 11.0 Å². The van der Waals surface area contributed by atoms with Crippen LogP contribution < -0.4 is 0 Å². The van der Waals surface area contributed by atoms with Crippen LogP contribution in [0, 0.1) is 5.82 Å². The molecule has 2 nitrogen and oxygen atoms in total. The molecule has 0 aliphatic rings. The fourth-order valence-electron chi connectivity index (χ4n) is 1.19. The maximum atomic E-state index is 13.0. The molecule has 0 spiro atoms. The smallest absolute Gasteiger partial charge is 0.198 e. The lowest BCUT2D eigenvalue weighted by atomic mass is 10.1. The zero-order valence-electron chi connectivity index (χ0n) is 7.42. The molecule has 2 aromatic rings. The van der Waals surface area contributed by atoms with E-state index in [4.69, 9.17) is 11.6 Å². The predicted octanol–water partition coefficient (Wildman–Crippen LogP) is 3.70. The lowest BCUT2D eigenvalue weighted by Crippen LogP contribution is -1.89. The normalized spacial score (nSPS) is 10.3. The molecule has 1 aromatic heterocycles. The maximum Gasteiger partial charge on any atom is 0.198 e. The second-order valence-electron chi connectivity index (χ2n) is 2.86. The van der Waals surface area contributed by atoms with Gasteiger partial charge in [0.15, 0.2) is 4.73 Å². The minimum absolute atomic E-state index is 0.307. The number of aromatic nitrogens is 2. The molecule has 0 radical (unpaired) electrons. The molecule has 0 aliphatic carbocycles. The Bertz CT molecular complexity index is 484. The molecule has 76 valence electrons. The van der Waals surface area contributed by atoms with Gasteiger partial charge in [-0.25, -0.2) is 14.4 Å². The molecule has 1 heterocycles. The van der Waals surface area contributed by atoms with Crippen molar-refractivity contribution in [1.82, 2.24) is 9.97 Å². The molecule has 0 bridgehead atoms. The predicted molar refractivity (Wildman–Crippen MR) is 60.1 cm³/mol. The first kappa shape index (κ1) is 10.5. The van der Waals surface area contributed by atoms with Crippen molar-refractivity contribution in [2.45, 2.75) is 0 Å². The molecule has 1 aromatic carbocycles. The molecule has 2 rings (SSSR count). The average Bonchev–Trinajstić information content (AvgIpc) is 2.16. The highest BCUT2D eigenvalue weighted by Crippen LogP contribution is 2.22. The van der Waals surface area contributed by atoms with Gasteiger partial charge in [0.25, 0.3) is 0 Å². The molecule has 5 heteroatoms. The van der Waals surface area contributed by atoms with E-state index < -0.39 is 0 Å². The van der Waals surface area contributed by atoms with Crippen molar-refractivity contribution in [1.29, 1.82) is 0 Å². The summed E-state index contributed by atoms with van der Waals surface area (Å²) in [5, 5.41) is 0.316. The summed E-state index contributed by atoms with van der Waals surface area (Å²) in [6, 6.07) is 7.73. The number of rotatable bonds is 1. The van der Waals surface area contributed by atoms with Crippen molar-refractivity contribution in [2.75, 3.05) is 0 Å². The summed E-state index contributed by atoms with van der Waals surface area (Å²) >= 11 is 8.89. The molecule has 0 saturated carbocycles. The molecule has 0 atom stereocenters. The SMILES string of the molecule is Fc1cccc(-c2cc(Cl)nc(Br)n2)c1. The Labute approximate surface area is 99.3 Å². The number of hydrogen-bond donors (Lipinski definition) is 0. The summed E-state index contributed by atoms with van der Waals surface area (Å²) in [6.07, 6.45) is 0. The van der Waals surface area contributed by atoms with Gasteiger partial charge in [0.05, 0.1) is 5.69 Å². The van der Waals surface area contributed by atoms with Crippen LogP contribution in [-0.2, 0) is 0 Å². The highest BCUT2D eigenvalue weighted by Gasteiger charge is 2.04. The van der Waals surface area contributed by atoms with Gasteiger partial charge < -0.3 is 0 Å². The number of nitrogens with zero attached hydrogens (tertiary/aromatic N) is 2. The Morgan fingerprint density at radius 1 is 1.20 bits per heavy atom. The number of halogens is 3. The van der Waals surface area contributed by atoms with E-state index in [1.54, 1.807) is 18.2 Å². The summed E-state index contributed by atoms with van der Waals surface area (Å²) in [6.45, 7) is 0. The van der Waals surface area contributed by atoms with E-state index in [-0.39, 0.29) is 5.82 Å². The Balaban J connectivity index is 2.54. The van der Waals surface area contributed by atoms with E-state index in [2.05, 4.69) is 25.9 Å². The first-order chi connectivity index (χ1) is 7.15. The monoisotopic (exact) mass is 286 g/mol. The fraction of sp³-hybridized carbons (Fsp3) is 0. The summed E-state index contributed by atoms with van der Waals surface area (Å²) in [7, 11) is 0. The summed E-state index contributed by atoms with van der Waals surface area (Å²) in [5.74, 6) is -0.307. The third-order valence-electron chi connectivity index (χ3n) is 1.79. The van der Waals surface area contributed by atoms with Crippen molar-refractivity contribution in [3.05, 3.63) is 46.0 Å². The minimum Gasteiger partial charge on any atom is -0.222 e. The van der Waals surface area contributed by atoms with E-state index in [1.807, 2.05) is 0 Å². The van der Waals surface area contributed by atoms with E-state index in [0.717, 1.165) is 0 Å². The third-order valence-corrected chi connectivity index (χ3v) is 2.34. The number of hydrogen-bond acceptors (Lipinski definition) is 2. The van der Waals surface area contributed by atoms with Gasteiger partial charge in [0.2, 0.25) is 0 Å². The molecule has 0 N–H and O–H groups in total. The van der Waals surface area contributed by atoms with Crippen LogP contribution >= 0.6 is 27.5 Å². The largest absolute Gasteiger partial charge is 0.222 e. The fourth-order valence-corrected chi connectivity index (χ4v) is 1.85. The van der Waals surface area contributed by atoms with E-state index in [9.17, 15) is 4.39 Å². The van der Waals surface area contributed by atoms with Crippen molar-refractivity contribution in [3.8, 4) is 11.3 Å². The Morgan fingerprint density at radius 3 is 2.67 bits per heavy atom. The topological polar surface area (TPSA) is 25.8 Å². The van der Waals surface area contributed by atoms with Gasteiger partial charge in [-0.2, -0.15) is 0 Å². The zero-order chi connectivity index (χ0) is 10.8. The molecular weight excluding hydrogens is 282 g/mol.